The van der Waals surface area contributed by atoms with Gasteiger partial charge in [-0.2, -0.15) is 0 Å². The average molecular weight is 332 g/mol. The smallest absolute Gasteiger partial charge is 0.259 e. The second-order valence-corrected chi connectivity index (χ2v) is 6.26. The van der Waals surface area contributed by atoms with Crippen molar-refractivity contribution >= 4 is 28.8 Å². The van der Waals surface area contributed by atoms with Crippen molar-refractivity contribution in [3.8, 4) is 5.75 Å². The Labute approximate surface area is 139 Å². The van der Waals surface area contributed by atoms with E-state index in [9.17, 15) is 9.59 Å². The van der Waals surface area contributed by atoms with Crippen LogP contribution in [0.25, 0.3) is 0 Å². The molecule has 5 nitrogen and oxygen atoms in total. The standard InChI is InChI=1S/C17H20N2O3S/c1-19(2)17(21)12-22-14-7-5-13(6-8-14)18-16(20)10-9-15-4-3-11-23-15/h3-8,11H,9-10,12H2,1-2H3,(H,18,20). The number of carbonyl (C=O) groups excluding carboxylic acids is 2. The minimum atomic E-state index is -0.101. The molecule has 2 amide bonds. The number of benzene rings is 1. The van der Waals surface area contributed by atoms with Crippen molar-refractivity contribution in [1.29, 1.82) is 0 Å². The van der Waals surface area contributed by atoms with Crippen molar-refractivity contribution in [3.05, 3.63) is 46.7 Å². The van der Waals surface area contributed by atoms with E-state index < -0.39 is 0 Å². The fourth-order valence-corrected chi connectivity index (χ4v) is 2.53. The Kier molecular flexibility index (Phi) is 6.17. The van der Waals surface area contributed by atoms with Crippen LogP contribution in [-0.2, 0) is 16.0 Å². The lowest BCUT2D eigenvalue weighted by atomic mass is 10.2. The predicted molar refractivity (Wildman–Crippen MR) is 91.9 cm³/mol. The van der Waals surface area contributed by atoms with Gasteiger partial charge < -0.3 is 15.0 Å². The van der Waals surface area contributed by atoms with Crippen LogP contribution >= 0.6 is 11.3 Å². The predicted octanol–water partition coefficient (Wildman–Crippen LogP) is 2.79. The molecule has 0 saturated heterocycles. The van der Waals surface area contributed by atoms with Crippen LogP contribution in [0.2, 0.25) is 0 Å². The summed E-state index contributed by atoms with van der Waals surface area (Å²) in [7, 11) is 3.36. The first-order valence-electron chi connectivity index (χ1n) is 7.30. The van der Waals surface area contributed by atoms with Crippen LogP contribution in [0.3, 0.4) is 0 Å². The van der Waals surface area contributed by atoms with Crippen LogP contribution in [0.15, 0.2) is 41.8 Å². The Morgan fingerprint density at radius 1 is 1.17 bits per heavy atom. The molecular formula is C17H20N2O3S. The number of hydrogen-bond acceptors (Lipinski definition) is 4. The van der Waals surface area contributed by atoms with Crippen LogP contribution in [0.4, 0.5) is 5.69 Å². The second kappa shape index (κ2) is 8.33. The summed E-state index contributed by atoms with van der Waals surface area (Å²) in [4.78, 5) is 26.0. The summed E-state index contributed by atoms with van der Waals surface area (Å²) in [5.74, 6) is 0.475. The highest BCUT2D eigenvalue weighted by Gasteiger charge is 2.06. The maximum atomic E-state index is 11.9. The lowest BCUT2D eigenvalue weighted by Crippen LogP contribution is -2.27. The van der Waals surface area contributed by atoms with Crippen molar-refractivity contribution in [3.63, 3.8) is 0 Å². The first-order valence-corrected chi connectivity index (χ1v) is 8.18. The molecular weight excluding hydrogens is 312 g/mol. The summed E-state index contributed by atoms with van der Waals surface area (Å²) < 4.78 is 5.38. The normalized spacial score (nSPS) is 10.2. The summed E-state index contributed by atoms with van der Waals surface area (Å²) in [6, 6.07) is 11.0. The molecule has 1 aromatic carbocycles. The maximum Gasteiger partial charge on any atom is 0.259 e. The summed E-state index contributed by atoms with van der Waals surface area (Å²) >= 11 is 1.66. The van der Waals surface area contributed by atoms with Gasteiger partial charge in [-0.05, 0) is 42.1 Å². The van der Waals surface area contributed by atoms with Crippen molar-refractivity contribution in [2.45, 2.75) is 12.8 Å². The number of rotatable bonds is 7. The van der Waals surface area contributed by atoms with Crippen molar-refractivity contribution in [2.75, 3.05) is 26.0 Å². The fourth-order valence-electron chi connectivity index (χ4n) is 1.82. The van der Waals surface area contributed by atoms with Gasteiger partial charge in [-0.25, -0.2) is 0 Å². The van der Waals surface area contributed by atoms with Gasteiger partial charge in [0.05, 0.1) is 0 Å². The van der Waals surface area contributed by atoms with Crippen LogP contribution in [-0.4, -0.2) is 37.4 Å². The third-order valence-electron chi connectivity index (χ3n) is 3.18. The molecule has 0 spiro atoms. The fraction of sp³-hybridized carbons (Fsp3) is 0.294. The number of likely N-dealkylation sites (N-methyl/N-ethyl adjacent to an activating group) is 1. The van der Waals surface area contributed by atoms with E-state index in [0.717, 1.165) is 6.42 Å². The van der Waals surface area contributed by atoms with E-state index in [0.29, 0.717) is 17.9 Å². The molecule has 1 N–H and O–H groups in total. The Hall–Kier alpha value is -2.34. The summed E-state index contributed by atoms with van der Waals surface area (Å²) in [6.07, 6.45) is 1.20. The number of nitrogens with zero attached hydrogens (tertiary/aromatic N) is 1. The first-order chi connectivity index (χ1) is 11.0. The van der Waals surface area contributed by atoms with E-state index in [2.05, 4.69) is 5.32 Å². The van der Waals surface area contributed by atoms with E-state index in [4.69, 9.17) is 4.74 Å². The molecule has 0 aliphatic rings. The number of amides is 2. The van der Waals surface area contributed by atoms with Gasteiger partial charge in [0, 0.05) is 31.1 Å². The molecule has 0 fully saturated rings. The largest absolute Gasteiger partial charge is 0.484 e. The number of aryl methyl sites for hydroxylation is 1. The van der Waals surface area contributed by atoms with Crippen LogP contribution in [0.5, 0.6) is 5.75 Å². The van der Waals surface area contributed by atoms with E-state index in [1.807, 2.05) is 17.5 Å². The molecule has 0 saturated carbocycles. The molecule has 0 atom stereocenters. The molecule has 6 heteroatoms. The average Bonchev–Trinajstić information content (AvgIpc) is 3.05. The van der Waals surface area contributed by atoms with E-state index in [1.165, 1.54) is 9.78 Å². The van der Waals surface area contributed by atoms with E-state index in [1.54, 1.807) is 49.7 Å². The van der Waals surface area contributed by atoms with Crippen LogP contribution < -0.4 is 10.1 Å². The molecule has 1 aromatic heterocycles. The van der Waals surface area contributed by atoms with Crippen LogP contribution in [0, 0.1) is 0 Å². The molecule has 0 aliphatic heterocycles. The van der Waals surface area contributed by atoms with Crippen molar-refractivity contribution < 1.29 is 14.3 Å². The third-order valence-corrected chi connectivity index (χ3v) is 4.11. The highest BCUT2D eigenvalue weighted by molar-refractivity contribution is 7.09. The molecule has 0 unspecified atom stereocenters. The minimum Gasteiger partial charge on any atom is -0.484 e. The number of ether oxygens (including phenoxy) is 1. The van der Waals surface area contributed by atoms with Gasteiger partial charge in [-0.15, -0.1) is 11.3 Å². The molecule has 0 aliphatic carbocycles. The van der Waals surface area contributed by atoms with Crippen molar-refractivity contribution in [1.82, 2.24) is 4.90 Å². The number of nitrogens with one attached hydrogen (secondary N) is 1. The van der Waals surface area contributed by atoms with Gasteiger partial charge in [0.2, 0.25) is 5.91 Å². The Morgan fingerprint density at radius 3 is 2.52 bits per heavy atom. The minimum absolute atomic E-state index is 0.000477. The van der Waals surface area contributed by atoms with Gasteiger partial charge in [-0.1, -0.05) is 6.07 Å². The summed E-state index contributed by atoms with van der Waals surface area (Å²) in [5, 5.41) is 4.86. The molecule has 0 bridgehead atoms. The number of anilines is 1. The topological polar surface area (TPSA) is 58.6 Å². The Bertz CT molecular complexity index is 636. The van der Waals surface area contributed by atoms with Gasteiger partial charge in [0.1, 0.15) is 5.75 Å². The zero-order chi connectivity index (χ0) is 16.7. The lowest BCUT2D eigenvalue weighted by Gasteiger charge is -2.11. The van der Waals surface area contributed by atoms with E-state index in [-0.39, 0.29) is 18.4 Å². The van der Waals surface area contributed by atoms with Gasteiger partial charge in [-0.3, -0.25) is 9.59 Å². The zero-order valence-electron chi connectivity index (χ0n) is 13.2. The van der Waals surface area contributed by atoms with Gasteiger partial charge in [0.15, 0.2) is 6.61 Å². The number of carbonyl (C=O) groups is 2. The molecule has 2 aromatic rings. The summed E-state index contributed by atoms with van der Waals surface area (Å²) in [6.45, 7) is -0.000477. The summed E-state index contributed by atoms with van der Waals surface area (Å²) in [5.41, 5.74) is 0.715. The zero-order valence-corrected chi connectivity index (χ0v) is 14.1. The number of hydrogen-bond donors (Lipinski definition) is 1. The van der Waals surface area contributed by atoms with Crippen molar-refractivity contribution in [2.24, 2.45) is 0 Å². The number of thiophene rings is 1. The SMILES string of the molecule is CN(C)C(=O)COc1ccc(NC(=O)CCc2cccs2)cc1. The van der Waals surface area contributed by atoms with Gasteiger partial charge in [0.25, 0.3) is 5.91 Å². The Morgan fingerprint density at radius 2 is 1.91 bits per heavy atom. The van der Waals surface area contributed by atoms with Crippen LogP contribution in [0.1, 0.15) is 11.3 Å². The molecule has 2 rings (SSSR count). The monoisotopic (exact) mass is 332 g/mol. The molecule has 1 heterocycles. The maximum absolute atomic E-state index is 11.9. The highest BCUT2D eigenvalue weighted by Crippen LogP contribution is 2.17. The molecule has 23 heavy (non-hydrogen) atoms. The first kappa shape index (κ1) is 17.0. The van der Waals surface area contributed by atoms with Gasteiger partial charge >= 0.3 is 0 Å². The Balaban J connectivity index is 1.77. The highest BCUT2D eigenvalue weighted by atomic mass is 32.1. The third kappa shape index (κ3) is 5.75. The van der Waals surface area contributed by atoms with E-state index >= 15 is 0 Å². The quantitative estimate of drug-likeness (QED) is 0.848. The lowest BCUT2D eigenvalue weighted by molar-refractivity contribution is -0.130. The molecule has 122 valence electrons. The molecule has 0 radical (unpaired) electrons. The second-order valence-electron chi connectivity index (χ2n) is 5.23.